The Bertz CT molecular complexity index is 1270. The first-order valence-electron chi connectivity index (χ1n) is 11.8. The average Bonchev–Trinajstić information content (AvgIpc) is 3.67. The van der Waals surface area contributed by atoms with Gasteiger partial charge in [-0.05, 0) is 96.8 Å². The molecule has 1 saturated carbocycles. The summed E-state index contributed by atoms with van der Waals surface area (Å²) < 4.78 is 35.8. The van der Waals surface area contributed by atoms with Crippen LogP contribution in [0.5, 0.6) is 5.75 Å². The SMILES string of the molecule is COC(=O)/C=C/c1cc(F)c(C2c3ccc(O)cc3CC(C)N2c2ccc(C3CC3)cc2)c(F)c1. The number of nitrogens with zero attached hydrogens (tertiary/aromatic N) is 1. The Hall–Kier alpha value is -3.67. The van der Waals surface area contributed by atoms with Crippen LogP contribution in [-0.2, 0) is 16.0 Å². The minimum atomic E-state index is -0.722. The van der Waals surface area contributed by atoms with E-state index in [1.807, 2.05) is 19.1 Å². The predicted molar refractivity (Wildman–Crippen MR) is 131 cm³/mol. The number of rotatable bonds is 5. The van der Waals surface area contributed by atoms with Crippen LogP contribution in [0.1, 0.15) is 59.5 Å². The van der Waals surface area contributed by atoms with E-state index in [1.165, 1.54) is 43.7 Å². The zero-order valence-electron chi connectivity index (χ0n) is 19.7. The number of methoxy groups -OCH3 is 1. The van der Waals surface area contributed by atoms with Gasteiger partial charge in [0.25, 0.3) is 0 Å². The van der Waals surface area contributed by atoms with Crippen LogP contribution < -0.4 is 4.90 Å². The maximum atomic E-state index is 15.6. The van der Waals surface area contributed by atoms with E-state index in [2.05, 4.69) is 21.8 Å². The van der Waals surface area contributed by atoms with Crippen molar-refractivity contribution in [3.05, 3.63) is 100 Å². The van der Waals surface area contributed by atoms with Crippen LogP contribution in [-0.4, -0.2) is 24.2 Å². The fourth-order valence-corrected chi connectivity index (χ4v) is 5.08. The molecule has 2 aliphatic rings. The summed E-state index contributed by atoms with van der Waals surface area (Å²) in [5.74, 6) is -1.27. The Morgan fingerprint density at radius 1 is 1.06 bits per heavy atom. The number of carbonyl (C=O) groups is 1. The Morgan fingerprint density at radius 3 is 2.37 bits per heavy atom. The van der Waals surface area contributed by atoms with Crippen LogP contribution in [0.3, 0.4) is 0 Å². The third-order valence-corrected chi connectivity index (χ3v) is 6.92. The topological polar surface area (TPSA) is 49.8 Å². The molecule has 4 nitrogen and oxygen atoms in total. The molecular formula is C29H27F2NO3. The third-order valence-electron chi connectivity index (χ3n) is 6.92. The lowest BCUT2D eigenvalue weighted by molar-refractivity contribution is -0.134. The summed E-state index contributed by atoms with van der Waals surface area (Å²) in [4.78, 5) is 13.5. The number of benzene rings is 3. The van der Waals surface area contributed by atoms with Crippen molar-refractivity contribution in [2.24, 2.45) is 0 Å². The molecule has 0 amide bonds. The summed E-state index contributed by atoms with van der Waals surface area (Å²) >= 11 is 0. The van der Waals surface area contributed by atoms with Gasteiger partial charge < -0.3 is 14.7 Å². The quantitative estimate of drug-likeness (QED) is 0.349. The van der Waals surface area contributed by atoms with E-state index in [9.17, 15) is 9.90 Å². The van der Waals surface area contributed by atoms with E-state index in [-0.39, 0.29) is 22.9 Å². The molecule has 1 heterocycles. The van der Waals surface area contributed by atoms with Gasteiger partial charge in [-0.3, -0.25) is 0 Å². The van der Waals surface area contributed by atoms with Gasteiger partial charge in [0.2, 0.25) is 0 Å². The number of phenols is 1. The third kappa shape index (κ3) is 4.53. The molecule has 0 spiro atoms. The summed E-state index contributed by atoms with van der Waals surface area (Å²) in [6.07, 6.45) is 5.49. The molecular weight excluding hydrogens is 448 g/mol. The van der Waals surface area contributed by atoms with E-state index in [0.29, 0.717) is 12.3 Å². The summed E-state index contributed by atoms with van der Waals surface area (Å²) in [7, 11) is 1.24. The van der Waals surface area contributed by atoms with E-state index < -0.39 is 23.6 Å². The maximum Gasteiger partial charge on any atom is 0.330 e. The molecule has 3 aromatic rings. The van der Waals surface area contributed by atoms with E-state index >= 15 is 8.78 Å². The number of esters is 1. The molecule has 1 aliphatic carbocycles. The number of aromatic hydroxyl groups is 1. The van der Waals surface area contributed by atoms with Gasteiger partial charge in [-0.15, -0.1) is 0 Å². The fraction of sp³-hybridized carbons (Fsp3) is 0.276. The van der Waals surface area contributed by atoms with Crippen LogP contribution >= 0.6 is 0 Å². The zero-order chi connectivity index (χ0) is 24.7. The summed E-state index contributed by atoms with van der Waals surface area (Å²) in [6.45, 7) is 2.03. The number of hydrogen-bond donors (Lipinski definition) is 1. The number of phenolic OH excluding ortho intramolecular Hbond substituents is 1. The highest BCUT2D eigenvalue weighted by Gasteiger charge is 2.37. The molecule has 1 aliphatic heterocycles. The lowest BCUT2D eigenvalue weighted by Gasteiger charge is -2.44. The number of anilines is 1. The molecule has 5 rings (SSSR count). The molecule has 0 radical (unpaired) electrons. The number of halogens is 2. The molecule has 1 fully saturated rings. The summed E-state index contributed by atoms with van der Waals surface area (Å²) in [6, 6.07) is 14.9. The Morgan fingerprint density at radius 2 is 1.74 bits per heavy atom. The fourth-order valence-electron chi connectivity index (χ4n) is 5.08. The Kier molecular flexibility index (Phi) is 6.05. The second-order valence-electron chi connectivity index (χ2n) is 9.37. The summed E-state index contributed by atoms with van der Waals surface area (Å²) in [5.41, 5.74) is 3.96. The first kappa shape index (κ1) is 23.1. The monoisotopic (exact) mass is 475 g/mol. The van der Waals surface area contributed by atoms with Gasteiger partial charge in [0.05, 0.1) is 18.7 Å². The van der Waals surface area contributed by atoms with Crippen molar-refractivity contribution in [1.29, 1.82) is 0 Å². The second-order valence-corrected chi connectivity index (χ2v) is 9.37. The molecule has 1 N–H and O–H groups in total. The van der Waals surface area contributed by atoms with Crippen molar-refractivity contribution in [3.63, 3.8) is 0 Å². The van der Waals surface area contributed by atoms with Crippen molar-refractivity contribution in [3.8, 4) is 5.75 Å². The van der Waals surface area contributed by atoms with Gasteiger partial charge >= 0.3 is 5.97 Å². The van der Waals surface area contributed by atoms with Gasteiger partial charge in [0.1, 0.15) is 17.4 Å². The first-order chi connectivity index (χ1) is 16.9. The maximum absolute atomic E-state index is 15.6. The lowest BCUT2D eigenvalue weighted by Crippen LogP contribution is -2.43. The molecule has 2 atom stereocenters. The molecule has 3 aromatic carbocycles. The first-order valence-corrected chi connectivity index (χ1v) is 11.8. The highest BCUT2D eigenvalue weighted by atomic mass is 19.1. The second kappa shape index (κ2) is 9.17. The molecule has 0 bridgehead atoms. The predicted octanol–water partition coefficient (Wildman–Crippen LogP) is 6.27. The Labute approximate surface area is 203 Å². The van der Waals surface area contributed by atoms with Gasteiger partial charge in [-0.25, -0.2) is 13.6 Å². The largest absolute Gasteiger partial charge is 0.508 e. The zero-order valence-corrected chi connectivity index (χ0v) is 19.7. The van der Waals surface area contributed by atoms with Crippen molar-refractivity contribution in [2.75, 3.05) is 12.0 Å². The highest BCUT2D eigenvalue weighted by molar-refractivity contribution is 5.86. The molecule has 2 unspecified atom stereocenters. The number of carbonyl (C=O) groups excluding carboxylic acids is 1. The highest BCUT2D eigenvalue weighted by Crippen LogP contribution is 2.45. The van der Waals surface area contributed by atoms with Crippen LogP contribution in [0.2, 0.25) is 0 Å². The van der Waals surface area contributed by atoms with Crippen LogP contribution in [0.15, 0.2) is 60.7 Å². The van der Waals surface area contributed by atoms with Crippen molar-refractivity contribution < 1.29 is 23.4 Å². The number of ether oxygens (including phenoxy) is 1. The van der Waals surface area contributed by atoms with Crippen LogP contribution in [0.4, 0.5) is 14.5 Å². The van der Waals surface area contributed by atoms with Crippen molar-refractivity contribution in [2.45, 2.75) is 44.2 Å². The standard InChI is InChI=1S/C29H27F2NO3/c1-17-13-21-16-23(33)10-11-24(21)29(32(17)22-8-6-20(7-9-22)19-4-5-19)28-25(30)14-18(15-26(28)31)3-12-27(34)35-2/h3,6-12,14-17,19,29,33H,4-5,13H2,1-2H3/b12-3+. The number of hydrogen-bond acceptors (Lipinski definition) is 4. The minimum Gasteiger partial charge on any atom is -0.508 e. The smallest absolute Gasteiger partial charge is 0.330 e. The number of fused-ring (bicyclic) bond motifs is 1. The van der Waals surface area contributed by atoms with Crippen molar-refractivity contribution in [1.82, 2.24) is 0 Å². The van der Waals surface area contributed by atoms with E-state index in [4.69, 9.17) is 0 Å². The van der Waals surface area contributed by atoms with Gasteiger partial charge in [0, 0.05) is 17.8 Å². The molecule has 0 aromatic heterocycles. The van der Waals surface area contributed by atoms with E-state index in [1.54, 1.807) is 18.2 Å². The normalized spacial score (nSPS) is 19.6. The molecule has 35 heavy (non-hydrogen) atoms. The summed E-state index contributed by atoms with van der Waals surface area (Å²) in [5, 5.41) is 10.1. The van der Waals surface area contributed by atoms with Crippen molar-refractivity contribution >= 4 is 17.7 Å². The average molecular weight is 476 g/mol. The van der Waals surface area contributed by atoms with Gasteiger partial charge in [-0.1, -0.05) is 18.2 Å². The lowest BCUT2D eigenvalue weighted by atomic mass is 9.83. The molecule has 180 valence electrons. The molecule has 6 heteroatoms. The van der Waals surface area contributed by atoms with E-state index in [0.717, 1.165) is 22.9 Å². The van der Waals surface area contributed by atoms with Gasteiger partial charge in [-0.2, -0.15) is 0 Å². The van der Waals surface area contributed by atoms with Gasteiger partial charge in [0.15, 0.2) is 0 Å². The van der Waals surface area contributed by atoms with Crippen LogP contribution in [0, 0.1) is 11.6 Å². The van der Waals surface area contributed by atoms with Crippen LogP contribution in [0.25, 0.3) is 6.08 Å². The molecule has 0 saturated heterocycles. The minimum absolute atomic E-state index is 0.0648. The Balaban J connectivity index is 1.62.